The van der Waals surface area contributed by atoms with E-state index in [9.17, 15) is 14.0 Å². The van der Waals surface area contributed by atoms with Crippen LogP contribution >= 0.6 is 11.6 Å². The topological polar surface area (TPSA) is 73.9 Å². The highest BCUT2D eigenvalue weighted by molar-refractivity contribution is 6.33. The Morgan fingerprint density at radius 2 is 1.81 bits per heavy atom. The molecule has 0 saturated carbocycles. The molecule has 2 aliphatic rings. The first-order chi connectivity index (χ1) is 15.5. The molecule has 4 rings (SSSR count). The van der Waals surface area contributed by atoms with E-state index in [1.54, 1.807) is 12.1 Å². The number of ether oxygens (including phenoxy) is 1. The fraction of sp³-hybridized carbons (Fsp3) is 0.304. The quantitative estimate of drug-likeness (QED) is 0.674. The molecular weight excluding hydrogens is 435 g/mol. The smallest absolute Gasteiger partial charge is 0.338 e. The molecule has 168 valence electrons. The molecule has 2 aromatic carbocycles. The van der Waals surface area contributed by atoms with Gasteiger partial charge in [0.15, 0.2) is 0 Å². The molecule has 9 heteroatoms. The van der Waals surface area contributed by atoms with E-state index in [1.165, 1.54) is 19.2 Å². The van der Waals surface area contributed by atoms with Gasteiger partial charge in [0.1, 0.15) is 5.82 Å². The lowest BCUT2D eigenvalue weighted by Crippen LogP contribution is -2.51. The molecule has 0 bridgehead atoms. The second-order valence-corrected chi connectivity index (χ2v) is 8.09. The summed E-state index contributed by atoms with van der Waals surface area (Å²) >= 11 is 6.33. The lowest BCUT2D eigenvalue weighted by molar-refractivity contribution is -0.136. The third-order valence-corrected chi connectivity index (χ3v) is 6.03. The van der Waals surface area contributed by atoms with Crippen molar-refractivity contribution in [3.8, 4) is 0 Å². The summed E-state index contributed by atoms with van der Waals surface area (Å²) in [6.45, 7) is 3.36. The maximum Gasteiger partial charge on any atom is 0.338 e. The van der Waals surface area contributed by atoms with Crippen LogP contribution in [0, 0.1) is 5.82 Å². The number of piperazine rings is 1. The Morgan fingerprint density at radius 1 is 1.12 bits per heavy atom. The molecule has 0 radical (unpaired) electrons. The van der Waals surface area contributed by atoms with Gasteiger partial charge in [-0.1, -0.05) is 35.9 Å². The monoisotopic (exact) mass is 458 g/mol. The fourth-order valence-corrected chi connectivity index (χ4v) is 4.33. The number of hydrogen-bond acceptors (Lipinski definition) is 5. The van der Waals surface area contributed by atoms with Gasteiger partial charge < -0.3 is 20.3 Å². The van der Waals surface area contributed by atoms with Crippen LogP contribution in [0.25, 0.3) is 0 Å². The molecule has 2 N–H and O–H groups in total. The zero-order valence-corrected chi connectivity index (χ0v) is 18.4. The Hall–Kier alpha value is -3.10. The lowest BCUT2D eigenvalue weighted by atomic mass is 9.95. The van der Waals surface area contributed by atoms with Crippen LogP contribution in [0.15, 0.2) is 59.8 Å². The minimum absolute atomic E-state index is 0.312. The molecule has 0 aromatic heterocycles. The van der Waals surface area contributed by atoms with E-state index in [4.69, 9.17) is 16.3 Å². The number of carbonyl (C=O) groups is 2. The number of methoxy groups -OCH3 is 1. The van der Waals surface area contributed by atoms with E-state index in [0.29, 0.717) is 28.4 Å². The van der Waals surface area contributed by atoms with E-state index in [-0.39, 0.29) is 0 Å². The number of para-hydroxylation sites is 1. The molecule has 0 spiro atoms. The van der Waals surface area contributed by atoms with Crippen LogP contribution in [0.4, 0.5) is 14.9 Å². The number of esters is 1. The first-order valence-corrected chi connectivity index (χ1v) is 10.7. The summed E-state index contributed by atoms with van der Waals surface area (Å²) in [6.07, 6.45) is 0. The van der Waals surface area contributed by atoms with Gasteiger partial charge in [0.25, 0.3) is 0 Å². The minimum atomic E-state index is -0.726. The summed E-state index contributed by atoms with van der Waals surface area (Å²) < 4.78 is 18.4. The first-order valence-electron chi connectivity index (χ1n) is 10.3. The Kier molecular flexibility index (Phi) is 6.62. The summed E-state index contributed by atoms with van der Waals surface area (Å²) in [4.78, 5) is 29.4. The van der Waals surface area contributed by atoms with Gasteiger partial charge in [-0.25, -0.2) is 14.0 Å². The third kappa shape index (κ3) is 4.71. The van der Waals surface area contributed by atoms with Crippen molar-refractivity contribution >= 4 is 29.3 Å². The van der Waals surface area contributed by atoms with Crippen LogP contribution in [0.1, 0.15) is 11.6 Å². The lowest BCUT2D eigenvalue weighted by Gasteiger charge is -2.38. The zero-order chi connectivity index (χ0) is 22.7. The number of halogens is 2. The van der Waals surface area contributed by atoms with Gasteiger partial charge >= 0.3 is 12.0 Å². The van der Waals surface area contributed by atoms with Crippen LogP contribution in [0.2, 0.25) is 5.02 Å². The highest BCUT2D eigenvalue weighted by atomic mass is 35.5. The van der Waals surface area contributed by atoms with Crippen LogP contribution in [-0.4, -0.2) is 56.7 Å². The summed E-state index contributed by atoms with van der Waals surface area (Å²) in [7, 11) is 1.30. The van der Waals surface area contributed by atoms with E-state index in [1.807, 2.05) is 24.3 Å². The molecule has 0 aliphatic carbocycles. The summed E-state index contributed by atoms with van der Waals surface area (Å²) in [6, 6.07) is 12.3. The van der Waals surface area contributed by atoms with Crippen molar-refractivity contribution in [1.82, 2.24) is 15.5 Å². The Labute approximate surface area is 190 Å². The second-order valence-electron chi connectivity index (χ2n) is 7.68. The maximum atomic E-state index is 13.4. The molecule has 7 nitrogen and oxygen atoms in total. The average molecular weight is 459 g/mol. The van der Waals surface area contributed by atoms with Crippen LogP contribution in [-0.2, 0) is 9.53 Å². The van der Waals surface area contributed by atoms with Gasteiger partial charge in [-0.05, 0) is 29.8 Å². The summed E-state index contributed by atoms with van der Waals surface area (Å²) in [5, 5.41) is 6.23. The van der Waals surface area contributed by atoms with Crippen LogP contribution in [0.5, 0.6) is 0 Å². The van der Waals surface area contributed by atoms with Crippen molar-refractivity contribution in [3.05, 3.63) is 76.2 Å². The Morgan fingerprint density at radius 3 is 2.47 bits per heavy atom. The van der Waals surface area contributed by atoms with Crippen molar-refractivity contribution in [1.29, 1.82) is 0 Å². The number of nitrogens with zero attached hydrogens (tertiary/aromatic N) is 2. The number of carbonyl (C=O) groups excluding carboxylic acids is 2. The predicted molar refractivity (Wildman–Crippen MR) is 120 cm³/mol. The maximum absolute atomic E-state index is 13.4. The van der Waals surface area contributed by atoms with Crippen molar-refractivity contribution in [2.75, 3.05) is 44.7 Å². The standard InChI is InChI=1S/C23H24ClFN4O3/c1-32-22(30)20-18(26-23(31)27-21(20)15-6-8-16(25)9-7-15)14-28-10-12-29(13-11-28)19-5-3-2-4-17(19)24/h2-9,21H,10-14H2,1H3,(H2,26,27,31). The molecule has 2 amide bonds. The van der Waals surface area contributed by atoms with Crippen LogP contribution < -0.4 is 15.5 Å². The average Bonchev–Trinajstić information content (AvgIpc) is 2.80. The number of rotatable bonds is 5. The molecule has 32 heavy (non-hydrogen) atoms. The van der Waals surface area contributed by atoms with Gasteiger partial charge in [0.05, 0.1) is 29.4 Å². The number of urea groups is 1. The second kappa shape index (κ2) is 9.58. The molecule has 1 saturated heterocycles. The molecule has 2 aliphatic heterocycles. The van der Waals surface area contributed by atoms with Gasteiger partial charge in [-0.3, -0.25) is 4.90 Å². The minimum Gasteiger partial charge on any atom is -0.466 e. The molecular formula is C23H24ClFN4O3. The zero-order valence-electron chi connectivity index (χ0n) is 17.6. The number of hydrogen-bond donors (Lipinski definition) is 2. The number of anilines is 1. The SMILES string of the molecule is COC(=O)C1=C(CN2CCN(c3ccccc3Cl)CC2)NC(=O)NC1c1ccc(F)cc1. The highest BCUT2D eigenvalue weighted by Gasteiger charge is 2.34. The van der Waals surface area contributed by atoms with Crippen LogP contribution in [0.3, 0.4) is 0 Å². The summed E-state index contributed by atoms with van der Waals surface area (Å²) in [5.41, 5.74) is 2.39. The van der Waals surface area contributed by atoms with Gasteiger partial charge in [0.2, 0.25) is 0 Å². The first kappa shape index (κ1) is 22.1. The van der Waals surface area contributed by atoms with Crippen molar-refractivity contribution in [3.63, 3.8) is 0 Å². The highest BCUT2D eigenvalue weighted by Crippen LogP contribution is 2.29. The fourth-order valence-electron chi connectivity index (χ4n) is 4.08. The van der Waals surface area contributed by atoms with Gasteiger partial charge in [0, 0.05) is 38.4 Å². The van der Waals surface area contributed by atoms with Gasteiger partial charge in [-0.2, -0.15) is 0 Å². The predicted octanol–water partition coefficient (Wildman–Crippen LogP) is 3.08. The van der Waals surface area contributed by atoms with E-state index >= 15 is 0 Å². The largest absolute Gasteiger partial charge is 0.466 e. The summed E-state index contributed by atoms with van der Waals surface area (Å²) in [5.74, 6) is -0.939. The molecule has 1 atom stereocenters. The number of nitrogens with one attached hydrogen (secondary N) is 2. The molecule has 2 aromatic rings. The van der Waals surface area contributed by atoms with Crippen molar-refractivity contribution in [2.45, 2.75) is 6.04 Å². The number of benzene rings is 2. The Balaban J connectivity index is 1.55. The van der Waals surface area contributed by atoms with E-state index < -0.39 is 23.9 Å². The molecule has 2 heterocycles. The van der Waals surface area contributed by atoms with E-state index in [2.05, 4.69) is 20.4 Å². The van der Waals surface area contributed by atoms with Crippen molar-refractivity contribution in [2.24, 2.45) is 0 Å². The van der Waals surface area contributed by atoms with Crippen molar-refractivity contribution < 1.29 is 18.7 Å². The molecule has 1 fully saturated rings. The normalized spacial score (nSPS) is 19.4. The van der Waals surface area contributed by atoms with Gasteiger partial charge in [-0.15, -0.1) is 0 Å². The Bertz CT molecular complexity index is 1040. The third-order valence-electron chi connectivity index (χ3n) is 5.71. The number of amides is 2. The van der Waals surface area contributed by atoms with E-state index in [0.717, 1.165) is 31.9 Å². The molecule has 1 unspecified atom stereocenters.